The normalized spacial score (nSPS) is 13.9. The number of nitrogen functional groups attached to an aromatic ring is 1. The van der Waals surface area contributed by atoms with Gasteiger partial charge < -0.3 is 10.3 Å². The summed E-state index contributed by atoms with van der Waals surface area (Å²) in [6.07, 6.45) is 4.02. The number of nitro benzene ring substituents is 1. The zero-order chi connectivity index (χ0) is 22.7. The molecule has 0 atom stereocenters. The lowest BCUT2D eigenvalue weighted by molar-refractivity contribution is -0.383. The number of aryl methyl sites for hydroxylation is 1. The van der Waals surface area contributed by atoms with Crippen LogP contribution in [0.15, 0.2) is 30.5 Å². The summed E-state index contributed by atoms with van der Waals surface area (Å²) in [5, 5.41) is 17.2. The maximum Gasteiger partial charge on any atom is 0.301 e. The van der Waals surface area contributed by atoms with Crippen LogP contribution in [-0.4, -0.2) is 29.2 Å². The van der Waals surface area contributed by atoms with Crippen LogP contribution in [-0.2, 0) is 14.1 Å². The van der Waals surface area contributed by atoms with E-state index in [0.29, 0.717) is 22.8 Å². The molecule has 1 fully saturated rings. The SMILES string of the molecule is CC(C)c1nc2nn(C)cc2cc1-c1nc(-c2cccc(N)c2[N+](=O)[O-])c(C2CC2)n1C. The number of hydrogen-bond acceptors (Lipinski definition) is 6. The lowest BCUT2D eigenvalue weighted by Gasteiger charge is -2.12. The molecule has 0 saturated heterocycles. The fourth-order valence-corrected chi connectivity index (χ4v) is 4.44. The van der Waals surface area contributed by atoms with E-state index in [-0.39, 0.29) is 17.3 Å². The highest BCUT2D eigenvalue weighted by atomic mass is 16.6. The Morgan fingerprint density at radius 1 is 1.19 bits per heavy atom. The van der Waals surface area contributed by atoms with E-state index < -0.39 is 4.92 Å². The zero-order valence-corrected chi connectivity index (χ0v) is 18.5. The van der Waals surface area contributed by atoms with Crippen molar-refractivity contribution in [3.8, 4) is 22.6 Å². The number of benzene rings is 1. The third-order valence-electron chi connectivity index (χ3n) is 6.03. The number of fused-ring (bicyclic) bond motifs is 1. The molecular formula is C23H25N7O2. The lowest BCUT2D eigenvalue weighted by Crippen LogP contribution is -2.03. The number of nitrogens with zero attached hydrogens (tertiary/aromatic N) is 6. The Bertz CT molecular complexity index is 1380. The number of anilines is 1. The molecule has 1 aliphatic carbocycles. The van der Waals surface area contributed by atoms with Gasteiger partial charge >= 0.3 is 5.69 Å². The molecule has 9 nitrogen and oxygen atoms in total. The number of rotatable bonds is 5. The number of pyridine rings is 1. The Morgan fingerprint density at radius 2 is 1.94 bits per heavy atom. The molecule has 0 radical (unpaired) electrons. The van der Waals surface area contributed by atoms with Gasteiger partial charge in [0.25, 0.3) is 0 Å². The number of nitrogens with two attached hydrogens (primary N) is 1. The van der Waals surface area contributed by atoms with Gasteiger partial charge in [-0.3, -0.25) is 14.8 Å². The van der Waals surface area contributed by atoms with Crippen LogP contribution in [0.3, 0.4) is 0 Å². The second-order valence-electron chi connectivity index (χ2n) is 8.79. The number of para-hydroxylation sites is 1. The lowest BCUT2D eigenvalue weighted by atomic mass is 10.0. The Kier molecular flexibility index (Phi) is 4.51. The van der Waals surface area contributed by atoms with E-state index in [0.717, 1.165) is 41.0 Å². The first-order valence-electron chi connectivity index (χ1n) is 10.7. The standard InChI is InChI=1S/C23H25N7O2/c1-12(2)18-16(10-14-11-28(3)27-22(14)25-18)23-26-19(20(29(23)4)13-8-9-13)15-6-5-7-17(24)21(15)30(31)32/h5-7,10-13H,8-9,24H2,1-4H3. The van der Waals surface area contributed by atoms with Crippen molar-refractivity contribution in [2.45, 2.75) is 38.5 Å². The van der Waals surface area contributed by atoms with E-state index in [9.17, 15) is 10.1 Å². The van der Waals surface area contributed by atoms with Gasteiger partial charge in [0.1, 0.15) is 11.5 Å². The maximum atomic E-state index is 11.8. The molecule has 0 aliphatic heterocycles. The van der Waals surface area contributed by atoms with Crippen LogP contribution in [0.2, 0.25) is 0 Å². The van der Waals surface area contributed by atoms with Crippen molar-refractivity contribution in [2.75, 3.05) is 5.73 Å². The number of imidazole rings is 1. The Morgan fingerprint density at radius 3 is 2.59 bits per heavy atom. The molecule has 3 aromatic heterocycles. The average molecular weight is 432 g/mol. The zero-order valence-electron chi connectivity index (χ0n) is 18.5. The van der Waals surface area contributed by atoms with E-state index in [1.165, 1.54) is 0 Å². The molecule has 2 N–H and O–H groups in total. The van der Waals surface area contributed by atoms with Crippen LogP contribution >= 0.6 is 0 Å². The molecule has 4 aromatic rings. The van der Waals surface area contributed by atoms with Gasteiger partial charge in [-0.15, -0.1) is 0 Å². The number of nitro groups is 1. The predicted molar refractivity (Wildman–Crippen MR) is 123 cm³/mol. The van der Waals surface area contributed by atoms with Gasteiger partial charge in [-0.1, -0.05) is 19.9 Å². The van der Waals surface area contributed by atoms with Gasteiger partial charge in [0.05, 0.1) is 21.9 Å². The summed E-state index contributed by atoms with van der Waals surface area (Å²) in [4.78, 5) is 21.2. The largest absolute Gasteiger partial charge is 0.393 e. The topological polar surface area (TPSA) is 118 Å². The Hall–Kier alpha value is -3.75. The molecule has 0 unspecified atom stereocenters. The molecule has 1 saturated carbocycles. The summed E-state index contributed by atoms with van der Waals surface area (Å²) in [7, 11) is 3.86. The second kappa shape index (κ2) is 7.15. The summed E-state index contributed by atoms with van der Waals surface area (Å²) in [6, 6.07) is 7.10. The van der Waals surface area contributed by atoms with Crippen LogP contribution < -0.4 is 5.73 Å². The van der Waals surface area contributed by atoms with Crippen molar-refractivity contribution in [1.29, 1.82) is 0 Å². The summed E-state index contributed by atoms with van der Waals surface area (Å²) in [5.74, 6) is 1.23. The van der Waals surface area contributed by atoms with Gasteiger partial charge in [0, 0.05) is 42.9 Å². The molecule has 5 rings (SSSR count). The summed E-state index contributed by atoms with van der Waals surface area (Å²) >= 11 is 0. The average Bonchev–Trinajstić information content (AvgIpc) is 3.41. The maximum absolute atomic E-state index is 11.8. The number of hydrogen-bond donors (Lipinski definition) is 1. The quantitative estimate of drug-likeness (QED) is 0.282. The minimum Gasteiger partial charge on any atom is -0.393 e. The van der Waals surface area contributed by atoms with E-state index in [1.807, 2.05) is 20.3 Å². The van der Waals surface area contributed by atoms with Gasteiger partial charge in [-0.05, 0) is 37.0 Å². The third kappa shape index (κ3) is 3.12. The molecule has 164 valence electrons. The van der Waals surface area contributed by atoms with E-state index in [1.54, 1.807) is 22.9 Å². The van der Waals surface area contributed by atoms with Crippen molar-refractivity contribution >= 4 is 22.4 Å². The highest BCUT2D eigenvalue weighted by Gasteiger charge is 2.35. The smallest absolute Gasteiger partial charge is 0.301 e. The first-order valence-corrected chi connectivity index (χ1v) is 10.7. The highest BCUT2D eigenvalue weighted by molar-refractivity contribution is 5.85. The van der Waals surface area contributed by atoms with Crippen LogP contribution in [0.4, 0.5) is 11.4 Å². The van der Waals surface area contributed by atoms with Gasteiger partial charge in [0.15, 0.2) is 5.65 Å². The molecule has 3 heterocycles. The fourth-order valence-electron chi connectivity index (χ4n) is 4.44. The van der Waals surface area contributed by atoms with E-state index in [2.05, 4.69) is 29.6 Å². The molecule has 32 heavy (non-hydrogen) atoms. The minimum absolute atomic E-state index is 0.0935. The van der Waals surface area contributed by atoms with Crippen molar-refractivity contribution in [1.82, 2.24) is 24.3 Å². The first-order chi connectivity index (χ1) is 15.3. The Labute approximate surface area is 185 Å². The Balaban J connectivity index is 1.80. The molecule has 9 heteroatoms. The molecule has 1 aliphatic rings. The van der Waals surface area contributed by atoms with Crippen molar-refractivity contribution < 1.29 is 4.92 Å². The van der Waals surface area contributed by atoms with E-state index in [4.69, 9.17) is 15.7 Å². The molecule has 0 bridgehead atoms. The summed E-state index contributed by atoms with van der Waals surface area (Å²) < 4.78 is 3.83. The fraction of sp³-hybridized carbons (Fsp3) is 0.348. The molecule has 0 amide bonds. The molecular weight excluding hydrogens is 406 g/mol. The van der Waals surface area contributed by atoms with Crippen molar-refractivity contribution in [3.63, 3.8) is 0 Å². The van der Waals surface area contributed by atoms with E-state index >= 15 is 0 Å². The van der Waals surface area contributed by atoms with Gasteiger partial charge in [0.2, 0.25) is 0 Å². The van der Waals surface area contributed by atoms with Crippen molar-refractivity contribution in [2.24, 2.45) is 14.1 Å². The van der Waals surface area contributed by atoms with Crippen molar-refractivity contribution in [3.05, 3.63) is 52.0 Å². The summed E-state index contributed by atoms with van der Waals surface area (Å²) in [6.45, 7) is 4.18. The second-order valence-corrected chi connectivity index (χ2v) is 8.79. The van der Waals surface area contributed by atoms with Crippen LogP contribution in [0.1, 0.15) is 49.9 Å². The molecule has 1 aromatic carbocycles. The predicted octanol–water partition coefficient (Wildman–Crippen LogP) is 4.53. The van der Waals surface area contributed by atoms with Gasteiger partial charge in [-0.25, -0.2) is 9.97 Å². The minimum atomic E-state index is -0.418. The highest BCUT2D eigenvalue weighted by Crippen LogP contribution is 2.48. The van der Waals surface area contributed by atoms with Crippen LogP contribution in [0.25, 0.3) is 33.7 Å². The van der Waals surface area contributed by atoms with Gasteiger partial charge in [-0.2, -0.15) is 5.10 Å². The van der Waals surface area contributed by atoms with Crippen LogP contribution in [0, 0.1) is 10.1 Å². The number of aromatic nitrogens is 5. The third-order valence-corrected chi connectivity index (χ3v) is 6.03. The molecule has 0 spiro atoms. The first kappa shape index (κ1) is 20.2. The van der Waals surface area contributed by atoms with Crippen LogP contribution in [0.5, 0.6) is 0 Å². The monoisotopic (exact) mass is 431 g/mol. The summed E-state index contributed by atoms with van der Waals surface area (Å²) in [5.41, 5.74) is 10.7.